The Bertz CT molecular complexity index is 361. The normalized spacial score (nSPS) is 29.0. The summed E-state index contributed by atoms with van der Waals surface area (Å²) >= 11 is 5.70. The number of hydrogen-bond donors (Lipinski definition) is 2. The first-order chi connectivity index (χ1) is 8.07. The van der Waals surface area contributed by atoms with Crippen molar-refractivity contribution in [2.45, 2.75) is 38.2 Å². The Morgan fingerprint density at radius 2 is 2.00 bits per heavy atom. The molecule has 2 rings (SSSR count). The number of nitrogens with one attached hydrogen (secondary N) is 1. The zero-order valence-electron chi connectivity index (χ0n) is 9.99. The van der Waals surface area contributed by atoms with E-state index in [1.54, 1.807) is 12.4 Å². The van der Waals surface area contributed by atoms with Crippen LogP contribution in [0.15, 0.2) is 12.4 Å². The molecule has 17 heavy (non-hydrogen) atoms. The number of hydrogen-bond acceptors (Lipinski definition) is 4. The Hall–Kier alpha value is -0.870. The van der Waals surface area contributed by atoms with Crippen LogP contribution in [0, 0.1) is 5.92 Å². The van der Waals surface area contributed by atoms with Gasteiger partial charge in [-0.05, 0) is 31.6 Å². The van der Waals surface area contributed by atoms with Gasteiger partial charge in [-0.3, -0.25) is 0 Å². The molecule has 1 saturated carbocycles. The fourth-order valence-electron chi connectivity index (χ4n) is 2.12. The van der Waals surface area contributed by atoms with E-state index in [0.29, 0.717) is 17.5 Å². The monoisotopic (exact) mass is 255 g/mol. The molecule has 2 N–H and O–H groups in total. The van der Waals surface area contributed by atoms with Crippen LogP contribution in [0.4, 0.5) is 5.95 Å². The maximum absolute atomic E-state index is 10.4. The Morgan fingerprint density at radius 3 is 2.59 bits per heavy atom. The molecule has 1 aromatic rings. The predicted molar refractivity (Wildman–Crippen MR) is 68.1 cm³/mol. The largest absolute Gasteiger partial charge is 0.388 e. The van der Waals surface area contributed by atoms with E-state index in [1.165, 1.54) is 0 Å². The second kappa shape index (κ2) is 5.19. The lowest BCUT2D eigenvalue weighted by molar-refractivity contribution is 0.00488. The van der Waals surface area contributed by atoms with Gasteiger partial charge in [0, 0.05) is 6.54 Å². The van der Waals surface area contributed by atoms with Gasteiger partial charge in [0.15, 0.2) is 0 Å². The highest BCUT2D eigenvalue weighted by molar-refractivity contribution is 6.30. The van der Waals surface area contributed by atoms with Crippen molar-refractivity contribution in [2.24, 2.45) is 5.92 Å². The molecule has 0 atom stereocenters. The lowest BCUT2D eigenvalue weighted by atomic mass is 9.79. The van der Waals surface area contributed by atoms with Gasteiger partial charge in [0.2, 0.25) is 5.95 Å². The topological polar surface area (TPSA) is 58.0 Å². The maximum atomic E-state index is 10.4. The molecule has 0 radical (unpaired) electrons. The highest BCUT2D eigenvalue weighted by Gasteiger charge is 2.31. The Kier molecular flexibility index (Phi) is 3.84. The van der Waals surface area contributed by atoms with Gasteiger partial charge in [-0.25, -0.2) is 9.97 Å². The fourth-order valence-corrected chi connectivity index (χ4v) is 2.22. The third kappa shape index (κ3) is 3.54. The van der Waals surface area contributed by atoms with E-state index >= 15 is 0 Å². The van der Waals surface area contributed by atoms with Crippen molar-refractivity contribution in [3.05, 3.63) is 17.4 Å². The molecule has 1 aromatic heterocycles. The molecule has 5 heteroatoms. The van der Waals surface area contributed by atoms with Crippen LogP contribution in [0.25, 0.3) is 0 Å². The van der Waals surface area contributed by atoms with Gasteiger partial charge in [0.1, 0.15) is 0 Å². The van der Waals surface area contributed by atoms with Gasteiger partial charge < -0.3 is 10.4 Å². The lowest BCUT2D eigenvalue weighted by Crippen LogP contribution is -2.40. The lowest BCUT2D eigenvalue weighted by Gasteiger charge is -2.34. The van der Waals surface area contributed by atoms with Crippen LogP contribution in [0.1, 0.15) is 32.6 Å². The average Bonchev–Trinajstić information content (AvgIpc) is 2.33. The minimum Gasteiger partial charge on any atom is -0.388 e. The molecule has 0 amide bonds. The van der Waals surface area contributed by atoms with Crippen LogP contribution >= 0.6 is 11.6 Å². The summed E-state index contributed by atoms with van der Waals surface area (Å²) in [6, 6.07) is 0. The Labute approximate surface area is 106 Å². The first-order valence-corrected chi connectivity index (χ1v) is 6.39. The van der Waals surface area contributed by atoms with E-state index in [0.717, 1.165) is 31.6 Å². The summed E-state index contributed by atoms with van der Waals surface area (Å²) in [4.78, 5) is 8.09. The highest BCUT2D eigenvalue weighted by Crippen LogP contribution is 2.31. The molecule has 0 aliphatic heterocycles. The van der Waals surface area contributed by atoms with E-state index < -0.39 is 5.60 Å². The molecule has 1 aliphatic rings. The fraction of sp³-hybridized carbons (Fsp3) is 0.667. The maximum Gasteiger partial charge on any atom is 0.222 e. The van der Waals surface area contributed by atoms with Crippen LogP contribution in [0.3, 0.4) is 0 Å². The molecule has 94 valence electrons. The minimum absolute atomic E-state index is 0.501. The minimum atomic E-state index is -0.616. The van der Waals surface area contributed by atoms with Crippen molar-refractivity contribution in [2.75, 3.05) is 11.9 Å². The number of aliphatic hydroxyl groups is 1. The van der Waals surface area contributed by atoms with Crippen molar-refractivity contribution in [3.63, 3.8) is 0 Å². The van der Waals surface area contributed by atoms with Crippen LogP contribution < -0.4 is 5.32 Å². The zero-order valence-corrected chi connectivity index (χ0v) is 10.7. The van der Waals surface area contributed by atoms with Crippen molar-refractivity contribution >= 4 is 17.5 Å². The average molecular weight is 256 g/mol. The summed E-state index contributed by atoms with van der Waals surface area (Å²) in [5.41, 5.74) is -0.616. The molecular formula is C12H18ClN3O. The standard InChI is InChI=1S/C12H18ClN3O/c1-9-2-4-12(17,5-3-9)8-16-11-14-6-10(13)7-15-11/h6-7,9,17H,2-5,8H2,1H3,(H,14,15,16). The molecule has 1 heterocycles. The third-order valence-corrected chi connectivity index (χ3v) is 3.60. The summed E-state index contributed by atoms with van der Waals surface area (Å²) in [7, 11) is 0. The number of aromatic nitrogens is 2. The van der Waals surface area contributed by atoms with Crippen LogP contribution in [-0.4, -0.2) is 27.2 Å². The second-order valence-corrected chi connectivity index (χ2v) is 5.42. The molecule has 0 bridgehead atoms. The van der Waals surface area contributed by atoms with E-state index in [-0.39, 0.29) is 0 Å². The Balaban J connectivity index is 1.87. The highest BCUT2D eigenvalue weighted by atomic mass is 35.5. The summed E-state index contributed by atoms with van der Waals surface area (Å²) in [6.45, 7) is 2.73. The molecule has 1 fully saturated rings. The van der Waals surface area contributed by atoms with Gasteiger partial charge in [-0.15, -0.1) is 0 Å². The van der Waals surface area contributed by atoms with Crippen LogP contribution in [-0.2, 0) is 0 Å². The summed E-state index contributed by atoms with van der Waals surface area (Å²) < 4.78 is 0. The van der Waals surface area contributed by atoms with Crippen molar-refractivity contribution in [1.82, 2.24) is 9.97 Å². The number of halogens is 1. The van der Waals surface area contributed by atoms with E-state index in [9.17, 15) is 5.11 Å². The predicted octanol–water partition coefficient (Wildman–Crippen LogP) is 2.48. The molecule has 0 aromatic carbocycles. The van der Waals surface area contributed by atoms with Crippen molar-refractivity contribution in [1.29, 1.82) is 0 Å². The van der Waals surface area contributed by atoms with Gasteiger partial charge in [0.05, 0.1) is 23.0 Å². The molecule has 1 aliphatic carbocycles. The van der Waals surface area contributed by atoms with Gasteiger partial charge >= 0.3 is 0 Å². The molecule has 0 unspecified atom stereocenters. The van der Waals surface area contributed by atoms with Gasteiger partial charge in [0.25, 0.3) is 0 Å². The molecular weight excluding hydrogens is 238 g/mol. The third-order valence-electron chi connectivity index (χ3n) is 3.40. The van der Waals surface area contributed by atoms with Gasteiger partial charge in [-0.1, -0.05) is 18.5 Å². The summed E-state index contributed by atoms with van der Waals surface area (Å²) in [6.07, 6.45) is 6.94. The quantitative estimate of drug-likeness (QED) is 0.871. The van der Waals surface area contributed by atoms with Crippen LogP contribution in [0.5, 0.6) is 0 Å². The number of rotatable bonds is 3. The van der Waals surface area contributed by atoms with Gasteiger partial charge in [-0.2, -0.15) is 0 Å². The summed E-state index contributed by atoms with van der Waals surface area (Å²) in [5, 5.41) is 13.9. The number of nitrogens with zero attached hydrogens (tertiary/aromatic N) is 2. The molecule has 0 spiro atoms. The first-order valence-electron chi connectivity index (χ1n) is 6.01. The SMILES string of the molecule is CC1CCC(O)(CNc2ncc(Cl)cn2)CC1. The van der Waals surface area contributed by atoms with E-state index in [2.05, 4.69) is 22.2 Å². The zero-order chi connectivity index (χ0) is 12.3. The van der Waals surface area contributed by atoms with E-state index in [4.69, 9.17) is 11.6 Å². The number of anilines is 1. The first kappa shape index (κ1) is 12.6. The summed E-state index contributed by atoms with van der Waals surface area (Å²) in [5.74, 6) is 1.24. The molecule has 4 nitrogen and oxygen atoms in total. The van der Waals surface area contributed by atoms with Crippen molar-refractivity contribution in [3.8, 4) is 0 Å². The smallest absolute Gasteiger partial charge is 0.222 e. The Morgan fingerprint density at radius 1 is 1.41 bits per heavy atom. The van der Waals surface area contributed by atoms with Crippen LogP contribution in [0.2, 0.25) is 5.02 Å². The van der Waals surface area contributed by atoms with E-state index in [1.807, 2.05) is 0 Å². The molecule has 0 saturated heterocycles. The van der Waals surface area contributed by atoms with Crippen molar-refractivity contribution < 1.29 is 5.11 Å². The second-order valence-electron chi connectivity index (χ2n) is 4.99.